The Morgan fingerprint density at radius 2 is 1.60 bits per heavy atom. The number of hydrogen-bond donors (Lipinski definition) is 3. The summed E-state index contributed by atoms with van der Waals surface area (Å²) in [6.45, 7) is 2.13. The number of non-ortho nitro benzene ring substituents is 1. The molecule has 0 fully saturated rings. The molecule has 4 rings (SSSR count). The number of carbonyl (C=O) groups is 3. The van der Waals surface area contributed by atoms with Gasteiger partial charge in [-0.15, -0.1) is 0 Å². The van der Waals surface area contributed by atoms with Crippen molar-refractivity contribution in [3.05, 3.63) is 91.0 Å². The summed E-state index contributed by atoms with van der Waals surface area (Å²) in [5.74, 6) is -0.743. The van der Waals surface area contributed by atoms with Crippen LogP contribution in [0.4, 0.5) is 34.1 Å². The Kier molecular flexibility index (Phi) is 8.86. The zero-order valence-corrected chi connectivity index (χ0v) is 22.0. The van der Waals surface area contributed by atoms with Crippen LogP contribution in [0.25, 0.3) is 0 Å². The molecule has 0 unspecified atom stereocenters. The molecule has 3 aromatic rings. The Labute approximate surface area is 232 Å². The molecule has 0 spiro atoms. The van der Waals surface area contributed by atoms with E-state index in [0.29, 0.717) is 29.0 Å². The first-order valence-electron chi connectivity index (χ1n) is 11.5. The summed E-state index contributed by atoms with van der Waals surface area (Å²) in [5, 5.41) is 23.2. The molecule has 0 saturated carbocycles. The van der Waals surface area contributed by atoms with Crippen LogP contribution in [0.2, 0.25) is 5.02 Å². The number of hydrogen-bond acceptors (Lipinski definition) is 10. The second-order valence-corrected chi connectivity index (χ2v) is 8.96. The van der Waals surface area contributed by atoms with E-state index in [1.165, 1.54) is 11.8 Å². The molecule has 0 bridgehead atoms. The van der Waals surface area contributed by atoms with Crippen LogP contribution < -0.4 is 21.7 Å². The largest absolute Gasteiger partial charge is 0.397 e. The fourth-order valence-corrected chi connectivity index (χ4v) is 3.96. The molecule has 1 aliphatic heterocycles. The maximum atomic E-state index is 12.4. The Morgan fingerprint density at radius 1 is 1.00 bits per heavy atom. The van der Waals surface area contributed by atoms with Gasteiger partial charge in [-0.1, -0.05) is 23.7 Å². The fourth-order valence-electron chi connectivity index (χ4n) is 3.75. The third kappa shape index (κ3) is 6.42. The molecule has 15 heteroatoms. The zero-order chi connectivity index (χ0) is 29.7. The van der Waals surface area contributed by atoms with E-state index in [9.17, 15) is 34.6 Å². The van der Waals surface area contributed by atoms with Crippen molar-refractivity contribution in [1.29, 1.82) is 0 Å². The lowest BCUT2D eigenvalue weighted by atomic mass is 10.1. The molecule has 0 atom stereocenters. The van der Waals surface area contributed by atoms with Crippen LogP contribution in [-0.4, -0.2) is 52.6 Å². The normalized spacial score (nSPS) is 11.8. The van der Waals surface area contributed by atoms with Crippen LogP contribution in [0, 0.1) is 20.2 Å². The van der Waals surface area contributed by atoms with Crippen molar-refractivity contribution in [2.45, 2.75) is 6.92 Å². The number of fused-ring (bicyclic) bond motifs is 1. The number of likely N-dealkylation sites (N-methyl/N-ethyl adjacent to an activating group) is 1. The van der Waals surface area contributed by atoms with Crippen molar-refractivity contribution in [2.75, 3.05) is 41.8 Å². The molecule has 0 aromatic heterocycles. The van der Waals surface area contributed by atoms with Crippen LogP contribution in [0.1, 0.15) is 27.6 Å². The molecule has 3 amide bonds. The monoisotopic (exact) mass is 569 g/mol. The Hall–Kier alpha value is -5.24. The molecular weight excluding hydrogens is 546 g/mol. The number of nitro benzene ring substituents is 2. The van der Waals surface area contributed by atoms with Gasteiger partial charge in [0, 0.05) is 38.8 Å². The number of rotatable bonds is 7. The number of nitro groups is 2. The number of carbonyl (C=O) groups excluding carboxylic acids is 3. The highest BCUT2D eigenvalue weighted by Gasteiger charge is 2.34. The van der Waals surface area contributed by atoms with Gasteiger partial charge in [0.2, 0.25) is 5.91 Å². The van der Waals surface area contributed by atoms with Gasteiger partial charge in [-0.05, 0) is 30.3 Å². The van der Waals surface area contributed by atoms with Gasteiger partial charge < -0.3 is 21.7 Å². The highest BCUT2D eigenvalue weighted by molar-refractivity contribution is 6.33. The first-order valence-corrected chi connectivity index (χ1v) is 11.9. The molecule has 14 nitrogen and oxygen atoms in total. The van der Waals surface area contributed by atoms with Crippen molar-refractivity contribution in [1.82, 2.24) is 4.90 Å². The van der Waals surface area contributed by atoms with E-state index in [1.54, 1.807) is 36.4 Å². The van der Waals surface area contributed by atoms with Crippen LogP contribution in [-0.2, 0) is 4.79 Å². The summed E-state index contributed by atoms with van der Waals surface area (Å²) >= 11 is 5.47. The topological polar surface area (TPSA) is 208 Å². The van der Waals surface area contributed by atoms with Crippen LogP contribution >= 0.6 is 11.6 Å². The van der Waals surface area contributed by atoms with E-state index in [2.05, 4.69) is 5.32 Å². The lowest BCUT2D eigenvalue weighted by molar-refractivity contribution is -0.393. The second-order valence-electron chi connectivity index (χ2n) is 8.56. The van der Waals surface area contributed by atoms with E-state index >= 15 is 0 Å². The van der Waals surface area contributed by atoms with E-state index in [4.69, 9.17) is 23.1 Å². The molecule has 0 saturated heterocycles. The van der Waals surface area contributed by atoms with E-state index in [0.717, 1.165) is 17.8 Å². The van der Waals surface area contributed by atoms with Gasteiger partial charge in [-0.3, -0.25) is 39.5 Å². The molecular formula is C25H24ClN7O7. The number of benzene rings is 3. The van der Waals surface area contributed by atoms with Crippen LogP contribution in [0.15, 0.2) is 54.6 Å². The van der Waals surface area contributed by atoms with Gasteiger partial charge in [-0.25, -0.2) is 0 Å². The zero-order valence-electron chi connectivity index (χ0n) is 21.3. The summed E-state index contributed by atoms with van der Waals surface area (Å²) in [6, 6.07) is 13.8. The molecule has 3 aromatic carbocycles. The minimum absolute atomic E-state index is 0.203. The van der Waals surface area contributed by atoms with Crippen molar-refractivity contribution < 1.29 is 24.2 Å². The summed E-state index contributed by atoms with van der Waals surface area (Å²) in [6.07, 6.45) is 0. The van der Waals surface area contributed by atoms with E-state index in [-0.39, 0.29) is 35.0 Å². The number of anilines is 4. The van der Waals surface area contributed by atoms with Crippen molar-refractivity contribution in [3.63, 3.8) is 0 Å². The highest BCUT2D eigenvalue weighted by Crippen LogP contribution is 2.33. The van der Waals surface area contributed by atoms with Crippen molar-refractivity contribution in [3.8, 4) is 0 Å². The number of imide groups is 1. The smallest absolute Gasteiger partial charge is 0.300 e. The van der Waals surface area contributed by atoms with Crippen molar-refractivity contribution >= 4 is 63.4 Å². The molecule has 0 aliphatic carbocycles. The average molecular weight is 570 g/mol. The van der Waals surface area contributed by atoms with Crippen molar-refractivity contribution in [2.24, 2.45) is 0 Å². The molecule has 208 valence electrons. The van der Waals surface area contributed by atoms with Gasteiger partial charge in [0.05, 0.1) is 43.4 Å². The summed E-state index contributed by atoms with van der Waals surface area (Å²) in [4.78, 5) is 58.3. The predicted octanol–water partition coefficient (Wildman–Crippen LogP) is 3.70. The number of nitrogens with zero attached hydrogens (tertiary/aromatic N) is 4. The molecule has 5 N–H and O–H groups in total. The number of nitrogens with one attached hydrogen (secondary N) is 1. The molecule has 1 aliphatic rings. The quantitative estimate of drug-likeness (QED) is 0.162. The SMILES string of the molecule is CC(=O)Nc1cc(N(C)CCN2C(=O)c3ccccc3C2=O)ccc1N.Nc1c(Cl)cc([N+](=O)[O-])cc1[N+](=O)[O-]. The van der Waals surface area contributed by atoms with Crippen LogP contribution in [0.3, 0.4) is 0 Å². The number of halogens is 1. The fraction of sp³-hybridized carbons (Fsp3) is 0.160. The lowest BCUT2D eigenvalue weighted by Crippen LogP contribution is -2.37. The first kappa shape index (κ1) is 29.3. The highest BCUT2D eigenvalue weighted by atomic mass is 35.5. The predicted molar refractivity (Wildman–Crippen MR) is 149 cm³/mol. The maximum Gasteiger partial charge on any atom is 0.300 e. The third-order valence-corrected chi connectivity index (χ3v) is 6.14. The molecule has 0 radical (unpaired) electrons. The molecule has 40 heavy (non-hydrogen) atoms. The van der Waals surface area contributed by atoms with Gasteiger partial charge in [0.1, 0.15) is 5.69 Å². The second kappa shape index (κ2) is 12.1. The van der Waals surface area contributed by atoms with Gasteiger partial charge >= 0.3 is 5.69 Å². The number of amides is 3. The average Bonchev–Trinajstić information content (AvgIpc) is 3.14. The molecule has 1 heterocycles. The standard InChI is InChI=1S/C19H20N4O3.C6H4ClN3O4/c1-12(24)21-17-11-13(7-8-16(17)20)22(2)9-10-23-18(25)14-5-3-4-6-15(14)19(23)26;7-4-1-3(9(11)12)2-5(6(4)8)10(13)14/h3-8,11H,9-10,20H2,1-2H3,(H,21,24);1-2H,8H2. The minimum atomic E-state index is -0.825. The van der Waals surface area contributed by atoms with Gasteiger partial charge in [-0.2, -0.15) is 0 Å². The Morgan fingerprint density at radius 3 is 2.12 bits per heavy atom. The van der Waals surface area contributed by atoms with Gasteiger partial charge in [0.25, 0.3) is 17.5 Å². The van der Waals surface area contributed by atoms with E-state index in [1.807, 2.05) is 18.0 Å². The number of nitrogen functional groups attached to an aromatic ring is 2. The summed E-state index contributed by atoms with van der Waals surface area (Å²) < 4.78 is 0. The third-order valence-electron chi connectivity index (χ3n) is 5.83. The van der Waals surface area contributed by atoms with Crippen LogP contribution in [0.5, 0.6) is 0 Å². The first-order chi connectivity index (χ1) is 18.8. The Balaban J connectivity index is 0.000000267. The maximum absolute atomic E-state index is 12.4. The summed E-state index contributed by atoms with van der Waals surface area (Å²) in [7, 11) is 1.85. The van der Waals surface area contributed by atoms with Gasteiger partial charge in [0.15, 0.2) is 0 Å². The number of nitrogens with two attached hydrogens (primary N) is 2. The van der Waals surface area contributed by atoms with E-state index < -0.39 is 21.2 Å². The summed E-state index contributed by atoms with van der Waals surface area (Å²) in [5.41, 5.74) is 12.5. The Bertz CT molecular complexity index is 1490. The lowest BCUT2D eigenvalue weighted by Gasteiger charge is -2.23. The minimum Gasteiger partial charge on any atom is -0.397 e.